The molecule has 0 saturated carbocycles. The minimum absolute atomic E-state index is 0. The minimum atomic E-state index is -4.66. The second-order valence-electron chi connectivity index (χ2n) is 3.77. The SMILES string of the molecule is O=S(=O)([O-])c1ccccc1F.O=S(=O)([O-])c1ccccc1F.[Na+].[Na+]. The van der Waals surface area contributed by atoms with Gasteiger partial charge in [-0.25, -0.2) is 25.6 Å². The summed E-state index contributed by atoms with van der Waals surface area (Å²) in [6, 6.07) is 8.89. The predicted octanol–water partition coefficient (Wildman–Crippen LogP) is -4.53. The van der Waals surface area contributed by atoms with E-state index in [-0.39, 0.29) is 59.1 Å². The molecular weight excluding hydrogens is 388 g/mol. The molecule has 120 valence electrons. The zero-order valence-corrected chi connectivity index (χ0v) is 18.3. The third kappa shape index (κ3) is 8.48. The van der Waals surface area contributed by atoms with Gasteiger partial charge >= 0.3 is 59.1 Å². The van der Waals surface area contributed by atoms with Crippen molar-refractivity contribution in [2.75, 3.05) is 0 Å². The van der Waals surface area contributed by atoms with E-state index < -0.39 is 41.7 Å². The summed E-state index contributed by atoms with van der Waals surface area (Å²) in [4.78, 5) is -1.61. The van der Waals surface area contributed by atoms with Crippen molar-refractivity contribution in [2.24, 2.45) is 0 Å². The second-order valence-corrected chi connectivity index (χ2v) is 6.47. The summed E-state index contributed by atoms with van der Waals surface area (Å²) in [6.45, 7) is 0. The van der Waals surface area contributed by atoms with Crippen LogP contribution in [0, 0.1) is 11.6 Å². The molecule has 12 heteroatoms. The van der Waals surface area contributed by atoms with Gasteiger partial charge in [0, 0.05) is 0 Å². The van der Waals surface area contributed by atoms with E-state index in [9.17, 15) is 34.7 Å². The molecule has 0 aliphatic heterocycles. The van der Waals surface area contributed by atoms with Gasteiger partial charge in [-0.15, -0.1) is 0 Å². The molecule has 0 bridgehead atoms. The molecule has 0 spiro atoms. The fourth-order valence-corrected chi connectivity index (χ4v) is 2.40. The van der Waals surface area contributed by atoms with Crippen LogP contribution in [0.5, 0.6) is 0 Å². The summed E-state index contributed by atoms with van der Waals surface area (Å²) in [6.07, 6.45) is 0. The maximum absolute atomic E-state index is 12.5. The Balaban J connectivity index is 0. The van der Waals surface area contributed by atoms with E-state index in [0.717, 1.165) is 24.3 Å². The van der Waals surface area contributed by atoms with Gasteiger partial charge in [0.25, 0.3) is 0 Å². The van der Waals surface area contributed by atoms with Crippen LogP contribution >= 0.6 is 0 Å². The average molecular weight is 396 g/mol. The van der Waals surface area contributed by atoms with Crippen LogP contribution in [0.2, 0.25) is 0 Å². The van der Waals surface area contributed by atoms with Crippen LogP contribution in [0.3, 0.4) is 0 Å². The summed E-state index contributed by atoms with van der Waals surface area (Å²) >= 11 is 0. The molecule has 2 aromatic carbocycles. The Hall–Kier alpha value is 0.120. The average Bonchev–Trinajstić information content (AvgIpc) is 2.37. The summed E-state index contributed by atoms with van der Waals surface area (Å²) in [5.41, 5.74) is 0. The Morgan fingerprint density at radius 1 is 0.625 bits per heavy atom. The summed E-state index contributed by atoms with van der Waals surface area (Å²) < 4.78 is 86.6. The number of rotatable bonds is 2. The summed E-state index contributed by atoms with van der Waals surface area (Å²) in [7, 11) is -9.32. The molecule has 0 amide bonds. The Morgan fingerprint density at radius 3 is 1.04 bits per heavy atom. The molecule has 6 nitrogen and oxygen atoms in total. The van der Waals surface area contributed by atoms with Gasteiger partial charge in [-0.05, 0) is 24.3 Å². The van der Waals surface area contributed by atoms with Crippen molar-refractivity contribution in [1.82, 2.24) is 0 Å². The van der Waals surface area contributed by atoms with Gasteiger partial charge in [0.2, 0.25) is 0 Å². The van der Waals surface area contributed by atoms with E-state index in [2.05, 4.69) is 0 Å². The fourth-order valence-electron chi connectivity index (χ4n) is 1.29. The van der Waals surface area contributed by atoms with E-state index in [0.29, 0.717) is 0 Å². The van der Waals surface area contributed by atoms with Gasteiger partial charge in [-0.2, -0.15) is 0 Å². The topological polar surface area (TPSA) is 114 Å². The molecule has 0 fully saturated rings. The first-order valence-electron chi connectivity index (χ1n) is 5.44. The van der Waals surface area contributed by atoms with E-state index in [1.54, 1.807) is 0 Å². The van der Waals surface area contributed by atoms with E-state index in [1.807, 2.05) is 0 Å². The molecule has 0 atom stereocenters. The quantitative estimate of drug-likeness (QED) is 0.373. The molecule has 0 aromatic heterocycles. The van der Waals surface area contributed by atoms with E-state index >= 15 is 0 Å². The van der Waals surface area contributed by atoms with Crippen molar-refractivity contribution in [1.29, 1.82) is 0 Å². The minimum Gasteiger partial charge on any atom is -0.744 e. The molecule has 2 rings (SSSR count). The summed E-state index contributed by atoms with van der Waals surface area (Å²) in [5.74, 6) is -2.02. The molecule has 0 unspecified atom stereocenters. The van der Waals surface area contributed by atoms with Crippen molar-refractivity contribution in [3.63, 3.8) is 0 Å². The van der Waals surface area contributed by atoms with Gasteiger partial charge in [0.1, 0.15) is 31.9 Å². The van der Waals surface area contributed by atoms with Crippen molar-refractivity contribution in [3.05, 3.63) is 60.2 Å². The van der Waals surface area contributed by atoms with E-state index in [1.165, 1.54) is 24.3 Å². The normalized spacial score (nSPS) is 10.5. The molecular formula is C12H8F2Na2O6S2. The number of hydrogen-bond acceptors (Lipinski definition) is 6. The van der Waals surface area contributed by atoms with Crippen LogP contribution in [0.4, 0.5) is 8.78 Å². The van der Waals surface area contributed by atoms with Crippen LogP contribution in [0.1, 0.15) is 0 Å². The Bertz CT molecular complexity index is 799. The standard InChI is InChI=1S/2C6H5FO3S.2Na/c2*7-5-3-1-2-4-6(5)11(8,9)10;;/h2*1-4H,(H,8,9,10);;/q;;2*+1/p-2. The van der Waals surface area contributed by atoms with Crippen molar-refractivity contribution in [2.45, 2.75) is 9.79 Å². The monoisotopic (exact) mass is 396 g/mol. The zero-order valence-electron chi connectivity index (χ0n) is 12.6. The van der Waals surface area contributed by atoms with Gasteiger partial charge in [0.15, 0.2) is 0 Å². The molecule has 0 aliphatic carbocycles. The van der Waals surface area contributed by atoms with Crippen molar-refractivity contribution >= 4 is 20.2 Å². The van der Waals surface area contributed by atoms with Gasteiger partial charge < -0.3 is 9.11 Å². The Labute approximate surface area is 182 Å². The molecule has 0 aliphatic rings. The van der Waals surface area contributed by atoms with Gasteiger partial charge in [0.05, 0.1) is 9.79 Å². The van der Waals surface area contributed by atoms with Crippen LogP contribution in [0.15, 0.2) is 58.3 Å². The Morgan fingerprint density at radius 2 is 0.875 bits per heavy atom. The smallest absolute Gasteiger partial charge is 0.744 e. The van der Waals surface area contributed by atoms with Crippen LogP contribution in [-0.4, -0.2) is 25.9 Å². The van der Waals surface area contributed by atoms with Crippen LogP contribution in [-0.2, 0) is 20.2 Å². The number of halogens is 2. The van der Waals surface area contributed by atoms with Gasteiger partial charge in [-0.3, -0.25) is 0 Å². The van der Waals surface area contributed by atoms with E-state index in [4.69, 9.17) is 0 Å². The zero-order chi connectivity index (χ0) is 17.0. The first-order chi connectivity index (χ1) is 10.0. The predicted molar refractivity (Wildman–Crippen MR) is 68.7 cm³/mol. The number of hydrogen-bond donors (Lipinski definition) is 0. The summed E-state index contributed by atoms with van der Waals surface area (Å²) in [5, 5.41) is 0. The first-order valence-corrected chi connectivity index (χ1v) is 8.26. The second kappa shape index (κ2) is 11.0. The van der Waals surface area contributed by atoms with Crippen LogP contribution in [0.25, 0.3) is 0 Å². The third-order valence-electron chi connectivity index (χ3n) is 2.21. The third-order valence-corrected chi connectivity index (χ3v) is 3.95. The molecule has 0 heterocycles. The molecule has 2 aromatic rings. The fraction of sp³-hybridized carbons (Fsp3) is 0. The molecule has 24 heavy (non-hydrogen) atoms. The van der Waals surface area contributed by atoms with Crippen molar-refractivity contribution in [3.8, 4) is 0 Å². The maximum Gasteiger partial charge on any atom is 1.00 e. The van der Waals surface area contributed by atoms with Gasteiger partial charge in [-0.1, -0.05) is 24.3 Å². The number of benzene rings is 2. The molecule has 0 radical (unpaired) electrons. The van der Waals surface area contributed by atoms with Crippen LogP contribution < -0.4 is 59.1 Å². The molecule has 0 saturated heterocycles. The van der Waals surface area contributed by atoms with Crippen molar-refractivity contribution < 1.29 is 93.8 Å². The molecule has 0 N–H and O–H groups in total. The maximum atomic E-state index is 12.5. The Kier molecular flexibility index (Phi) is 12.0. The first kappa shape index (κ1) is 26.4. The largest absolute Gasteiger partial charge is 1.00 e.